The molecular weight excluding hydrogens is 399 g/mol. The summed E-state index contributed by atoms with van der Waals surface area (Å²) in [6.07, 6.45) is 7.05. The minimum atomic E-state index is -1.74. The maximum absolute atomic E-state index is 11.3. The molecule has 0 saturated carbocycles. The highest BCUT2D eigenvalue weighted by Gasteiger charge is 2.44. The molecule has 31 heavy (non-hydrogen) atoms. The molecule has 1 atom stereocenters. The fourth-order valence-electron chi connectivity index (χ4n) is 4.48. The van der Waals surface area contributed by atoms with Crippen LogP contribution in [0.4, 0.5) is 0 Å². The molecule has 1 N–H and O–H groups in total. The Morgan fingerprint density at radius 2 is 1.13 bits per heavy atom. The monoisotopic (exact) mass is 433 g/mol. The van der Waals surface area contributed by atoms with E-state index in [-0.39, 0.29) is 5.92 Å². The molecule has 3 rings (SSSR count). The number of carboxylic acid groups (broad SMARTS) is 1. The average Bonchev–Trinajstić information content (AvgIpc) is 2.83. The fourth-order valence-corrected chi connectivity index (χ4v) is 8.89. The van der Waals surface area contributed by atoms with E-state index in [2.05, 4.69) is 91.0 Å². The van der Waals surface area contributed by atoms with Gasteiger partial charge >= 0.3 is 5.97 Å². The van der Waals surface area contributed by atoms with Crippen LogP contribution < -0.4 is 15.9 Å². The molecule has 0 aliphatic rings. The van der Waals surface area contributed by atoms with E-state index in [4.69, 9.17) is 0 Å². The molecule has 3 aromatic rings. The summed E-state index contributed by atoms with van der Waals surface area (Å²) in [5.74, 6) is -0.839. The molecule has 0 spiro atoms. The first-order valence-electron chi connectivity index (χ1n) is 11.5. The summed E-state index contributed by atoms with van der Waals surface area (Å²) in [6, 6.07) is 33.0. The molecule has 162 valence electrons. The quantitative estimate of drug-likeness (QED) is 0.279. The van der Waals surface area contributed by atoms with Gasteiger partial charge in [0, 0.05) is 0 Å². The molecule has 2 nitrogen and oxygen atoms in total. The molecule has 3 aromatic carbocycles. The SMILES string of the molecule is CCC(CCCCCC[P+](c1ccccc1)(c1ccccc1)c1ccccc1)C(=O)O. The van der Waals surface area contributed by atoms with Crippen LogP contribution in [-0.4, -0.2) is 17.2 Å². The van der Waals surface area contributed by atoms with Gasteiger partial charge in [0.15, 0.2) is 0 Å². The number of carbonyl (C=O) groups is 1. The summed E-state index contributed by atoms with van der Waals surface area (Å²) in [5, 5.41) is 13.6. The number of rotatable bonds is 12. The fraction of sp³-hybridized carbons (Fsp3) is 0.321. The van der Waals surface area contributed by atoms with E-state index in [0.717, 1.165) is 44.7 Å². The predicted molar refractivity (Wildman–Crippen MR) is 135 cm³/mol. The first-order chi connectivity index (χ1) is 15.2. The van der Waals surface area contributed by atoms with Crippen molar-refractivity contribution in [1.82, 2.24) is 0 Å². The van der Waals surface area contributed by atoms with E-state index >= 15 is 0 Å². The van der Waals surface area contributed by atoms with Gasteiger partial charge in [-0.15, -0.1) is 0 Å². The summed E-state index contributed by atoms with van der Waals surface area (Å²) < 4.78 is 0. The van der Waals surface area contributed by atoms with E-state index in [1.54, 1.807) is 0 Å². The lowest BCUT2D eigenvalue weighted by Crippen LogP contribution is -2.33. The Hall–Kier alpha value is -2.44. The third kappa shape index (κ3) is 5.83. The van der Waals surface area contributed by atoms with Crippen LogP contribution in [0.1, 0.15) is 45.4 Å². The van der Waals surface area contributed by atoms with Crippen LogP contribution in [-0.2, 0) is 4.79 Å². The highest BCUT2D eigenvalue weighted by atomic mass is 31.2. The lowest BCUT2D eigenvalue weighted by Gasteiger charge is -2.27. The van der Waals surface area contributed by atoms with Gasteiger partial charge in [-0.05, 0) is 62.1 Å². The van der Waals surface area contributed by atoms with Gasteiger partial charge in [0.1, 0.15) is 23.2 Å². The van der Waals surface area contributed by atoms with E-state index < -0.39 is 13.2 Å². The van der Waals surface area contributed by atoms with Gasteiger partial charge in [-0.1, -0.05) is 74.4 Å². The van der Waals surface area contributed by atoms with Crippen LogP contribution in [0.15, 0.2) is 91.0 Å². The molecule has 0 radical (unpaired) electrons. The highest BCUT2D eigenvalue weighted by molar-refractivity contribution is 7.95. The highest BCUT2D eigenvalue weighted by Crippen LogP contribution is 2.55. The van der Waals surface area contributed by atoms with Gasteiger partial charge in [-0.3, -0.25) is 4.79 Å². The standard InChI is InChI=1S/C28H33O2P/c1-2-24(28(29)30)16-8-3-4-15-23-31(25-17-9-5-10-18-25,26-19-11-6-12-20-26)27-21-13-7-14-22-27/h5-7,9-14,17-22,24H,2-4,8,15-16,23H2,1H3/p+1. The topological polar surface area (TPSA) is 37.3 Å². The second kappa shape index (κ2) is 11.8. The van der Waals surface area contributed by atoms with E-state index in [1.807, 2.05) is 6.92 Å². The summed E-state index contributed by atoms with van der Waals surface area (Å²) in [4.78, 5) is 11.3. The van der Waals surface area contributed by atoms with E-state index in [1.165, 1.54) is 15.9 Å². The molecule has 0 aliphatic carbocycles. The Balaban J connectivity index is 1.81. The molecule has 0 amide bonds. The zero-order valence-electron chi connectivity index (χ0n) is 18.5. The van der Waals surface area contributed by atoms with Crippen molar-refractivity contribution >= 4 is 29.1 Å². The minimum absolute atomic E-state index is 0.190. The van der Waals surface area contributed by atoms with Crippen molar-refractivity contribution in [2.45, 2.75) is 45.4 Å². The summed E-state index contributed by atoms with van der Waals surface area (Å²) >= 11 is 0. The largest absolute Gasteiger partial charge is 0.481 e. The number of hydrogen-bond acceptors (Lipinski definition) is 1. The van der Waals surface area contributed by atoms with Crippen LogP contribution in [0.3, 0.4) is 0 Å². The Bertz CT molecular complexity index is 813. The maximum atomic E-state index is 11.3. The lowest BCUT2D eigenvalue weighted by molar-refractivity contribution is -0.142. The minimum Gasteiger partial charge on any atom is -0.481 e. The van der Waals surface area contributed by atoms with Crippen LogP contribution in [0.25, 0.3) is 0 Å². The number of aliphatic carboxylic acids is 1. The van der Waals surface area contributed by atoms with Gasteiger partial charge in [0.2, 0.25) is 0 Å². The van der Waals surface area contributed by atoms with E-state index in [9.17, 15) is 9.90 Å². The third-order valence-corrected chi connectivity index (χ3v) is 10.8. The summed E-state index contributed by atoms with van der Waals surface area (Å²) in [5.41, 5.74) is 0. The van der Waals surface area contributed by atoms with Gasteiger partial charge in [-0.25, -0.2) is 0 Å². The normalized spacial score (nSPS) is 12.4. The number of benzene rings is 3. The van der Waals surface area contributed by atoms with Crippen molar-refractivity contribution in [2.75, 3.05) is 6.16 Å². The van der Waals surface area contributed by atoms with Crippen LogP contribution in [0, 0.1) is 5.92 Å². The summed E-state index contributed by atoms with van der Waals surface area (Å²) in [6.45, 7) is 1.97. The van der Waals surface area contributed by atoms with Crippen molar-refractivity contribution in [3.8, 4) is 0 Å². The average molecular weight is 434 g/mol. The zero-order valence-corrected chi connectivity index (χ0v) is 19.4. The van der Waals surface area contributed by atoms with Gasteiger partial charge in [0.05, 0.1) is 12.1 Å². The Labute approximate surface area is 187 Å². The number of unbranched alkanes of at least 4 members (excludes halogenated alkanes) is 3. The van der Waals surface area contributed by atoms with Crippen molar-refractivity contribution in [3.05, 3.63) is 91.0 Å². The number of hydrogen-bond donors (Lipinski definition) is 1. The Morgan fingerprint density at radius 3 is 1.52 bits per heavy atom. The lowest BCUT2D eigenvalue weighted by atomic mass is 9.99. The van der Waals surface area contributed by atoms with Gasteiger partial charge < -0.3 is 5.11 Å². The van der Waals surface area contributed by atoms with Crippen molar-refractivity contribution in [3.63, 3.8) is 0 Å². The van der Waals surface area contributed by atoms with E-state index in [0.29, 0.717) is 0 Å². The van der Waals surface area contributed by atoms with Crippen LogP contribution in [0.5, 0.6) is 0 Å². The van der Waals surface area contributed by atoms with Gasteiger partial charge in [-0.2, -0.15) is 0 Å². The molecule has 0 saturated heterocycles. The van der Waals surface area contributed by atoms with Crippen molar-refractivity contribution < 1.29 is 9.90 Å². The maximum Gasteiger partial charge on any atom is 0.306 e. The Kier molecular flexibility index (Phi) is 8.85. The second-order valence-corrected chi connectivity index (χ2v) is 11.8. The molecule has 0 heterocycles. The molecule has 3 heteroatoms. The molecule has 1 unspecified atom stereocenters. The van der Waals surface area contributed by atoms with Crippen molar-refractivity contribution in [2.24, 2.45) is 5.92 Å². The summed E-state index contributed by atoms with van der Waals surface area (Å²) in [7, 11) is -1.74. The first-order valence-corrected chi connectivity index (χ1v) is 13.4. The van der Waals surface area contributed by atoms with Gasteiger partial charge in [0.25, 0.3) is 0 Å². The molecule has 0 fully saturated rings. The zero-order chi connectivity index (χ0) is 21.9. The molecule has 0 aromatic heterocycles. The van der Waals surface area contributed by atoms with Crippen LogP contribution in [0.2, 0.25) is 0 Å². The smallest absolute Gasteiger partial charge is 0.306 e. The third-order valence-electron chi connectivity index (χ3n) is 6.23. The first kappa shape index (κ1) is 23.2. The molecular formula is C28H34O2P+. The second-order valence-electron chi connectivity index (χ2n) is 8.19. The Morgan fingerprint density at radius 1 is 0.710 bits per heavy atom. The molecule has 0 bridgehead atoms. The van der Waals surface area contributed by atoms with Crippen LogP contribution >= 0.6 is 7.26 Å². The van der Waals surface area contributed by atoms with Crippen molar-refractivity contribution in [1.29, 1.82) is 0 Å². The number of carboxylic acids is 1. The molecule has 0 aliphatic heterocycles. The predicted octanol–water partition coefficient (Wildman–Crippen LogP) is 6.04.